The average Bonchev–Trinajstić information content (AvgIpc) is 2.74. The summed E-state index contributed by atoms with van der Waals surface area (Å²) in [5.41, 5.74) is 4.31. The van der Waals surface area contributed by atoms with Gasteiger partial charge in [-0.1, -0.05) is 55.8 Å². The number of ether oxygens (including phenoxy) is 1. The van der Waals surface area contributed by atoms with Gasteiger partial charge in [-0.2, -0.15) is 0 Å². The van der Waals surface area contributed by atoms with Gasteiger partial charge in [-0.05, 0) is 61.6 Å². The lowest BCUT2D eigenvalue weighted by atomic mass is 9.87. The van der Waals surface area contributed by atoms with Crippen molar-refractivity contribution in [1.29, 1.82) is 0 Å². The number of rotatable bonds is 5. The van der Waals surface area contributed by atoms with Crippen LogP contribution in [0.15, 0.2) is 42.5 Å². The molecular weight excluding hydrogens is 354 g/mol. The molecule has 2 aromatic carbocycles. The molecule has 0 aliphatic heterocycles. The van der Waals surface area contributed by atoms with E-state index in [1.807, 2.05) is 26.0 Å². The second-order valence-corrected chi connectivity index (χ2v) is 6.77. The lowest BCUT2D eigenvalue weighted by molar-refractivity contribution is 0.224. The SMILES string of the molecule is C#C.CC.COc1ccc(CCN(C)[C@H]2CCc3ccccc3C2)cc1Cl. The molecular formula is C24H32ClNO. The van der Waals surface area contributed by atoms with Crippen molar-refractivity contribution in [2.75, 3.05) is 20.7 Å². The number of nitrogens with zero attached hydrogens (tertiary/aromatic N) is 1. The zero-order valence-electron chi connectivity index (χ0n) is 17.0. The molecule has 1 aliphatic rings. The summed E-state index contributed by atoms with van der Waals surface area (Å²) in [6, 6.07) is 15.6. The van der Waals surface area contributed by atoms with E-state index in [1.54, 1.807) is 7.11 Å². The fourth-order valence-corrected chi connectivity index (χ4v) is 3.69. The van der Waals surface area contributed by atoms with Crippen molar-refractivity contribution in [3.05, 3.63) is 64.2 Å². The third-order valence-corrected chi connectivity index (χ3v) is 5.21. The van der Waals surface area contributed by atoms with Gasteiger partial charge in [-0.25, -0.2) is 0 Å². The maximum atomic E-state index is 6.21. The summed E-state index contributed by atoms with van der Waals surface area (Å²) in [6.45, 7) is 5.05. The smallest absolute Gasteiger partial charge is 0.137 e. The molecule has 0 spiro atoms. The van der Waals surface area contributed by atoms with Gasteiger partial charge in [-0.15, -0.1) is 12.8 Å². The van der Waals surface area contributed by atoms with E-state index in [2.05, 4.69) is 55.1 Å². The van der Waals surface area contributed by atoms with E-state index in [9.17, 15) is 0 Å². The van der Waals surface area contributed by atoms with Crippen molar-refractivity contribution in [3.8, 4) is 18.6 Å². The van der Waals surface area contributed by atoms with Crippen molar-refractivity contribution < 1.29 is 4.74 Å². The second-order valence-electron chi connectivity index (χ2n) is 6.36. The van der Waals surface area contributed by atoms with Crippen LogP contribution in [0.4, 0.5) is 0 Å². The molecule has 0 unspecified atom stereocenters. The van der Waals surface area contributed by atoms with Crippen molar-refractivity contribution in [2.45, 2.75) is 45.6 Å². The van der Waals surface area contributed by atoms with Gasteiger partial charge in [0.15, 0.2) is 0 Å². The highest BCUT2D eigenvalue weighted by Crippen LogP contribution is 2.26. The molecule has 27 heavy (non-hydrogen) atoms. The molecule has 0 saturated carbocycles. The first-order valence-corrected chi connectivity index (χ1v) is 9.98. The molecule has 0 aromatic heterocycles. The molecule has 3 rings (SSSR count). The van der Waals surface area contributed by atoms with Crippen LogP contribution in [0.25, 0.3) is 0 Å². The minimum absolute atomic E-state index is 0.638. The predicted molar refractivity (Wildman–Crippen MR) is 118 cm³/mol. The summed E-state index contributed by atoms with van der Waals surface area (Å²) in [7, 11) is 3.89. The highest BCUT2D eigenvalue weighted by Gasteiger charge is 2.21. The van der Waals surface area contributed by atoms with Crippen LogP contribution in [0.1, 0.15) is 37.0 Å². The van der Waals surface area contributed by atoms with E-state index < -0.39 is 0 Å². The summed E-state index contributed by atoms with van der Waals surface area (Å²) in [6.07, 6.45) is 12.6. The Morgan fingerprint density at radius 1 is 1.11 bits per heavy atom. The quantitative estimate of drug-likeness (QED) is 0.616. The van der Waals surface area contributed by atoms with Gasteiger partial charge in [0.05, 0.1) is 12.1 Å². The Bertz CT molecular complexity index is 711. The summed E-state index contributed by atoms with van der Waals surface area (Å²) in [4.78, 5) is 2.49. The lowest BCUT2D eigenvalue weighted by Gasteiger charge is -2.32. The third kappa shape index (κ3) is 6.61. The van der Waals surface area contributed by atoms with Gasteiger partial charge in [0, 0.05) is 12.6 Å². The largest absolute Gasteiger partial charge is 0.495 e. The van der Waals surface area contributed by atoms with Crippen LogP contribution >= 0.6 is 11.6 Å². The summed E-state index contributed by atoms with van der Waals surface area (Å²) in [5, 5.41) is 0.694. The number of methoxy groups -OCH3 is 1. The number of benzene rings is 2. The summed E-state index contributed by atoms with van der Waals surface area (Å²) in [5.74, 6) is 0.743. The molecule has 0 bridgehead atoms. The van der Waals surface area contributed by atoms with Crippen molar-refractivity contribution in [2.24, 2.45) is 0 Å². The number of fused-ring (bicyclic) bond motifs is 1. The minimum Gasteiger partial charge on any atom is -0.495 e. The minimum atomic E-state index is 0.638. The van der Waals surface area contributed by atoms with Crippen LogP contribution in [0.2, 0.25) is 5.02 Å². The van der Waals surface area contributed by atoms with Gasteiger partial charge in [0.1, 0.15) is 5.75 Å². The Balaban J connectivity index is 0.000000855. The molecule has 0 N–H and O–H groups in total. The van der Waals surface area contributed by atoms with Gasteiger partial charge in [0.25, 0.3) is 0 Å². The molecule has 0 fully saturated rings. The Morgan fingerprint density at radius 2 is 1.78 bits per heavy atom. The molecule has 2 aromatic rings. The monoisotopic (exact) mass is 385 g/mol. The van der Waals surface area contributed by atoms with Crippen molar-refractivity contribution in [1.82, 2.24) is 4.90 Å². The average molecular weight is 386 g/mol. The molecule has 3 heteroatoms. The number of likely N-dealkylation sites (N-methyl/N-ethyl adjacent to an activating group) is 1. The second kappa shape index (κ2) is 12.4. The van der Waals surface area contributed by atoms with Crippen LogP contribution in [-0.2, 0) is 19.3 Å². The number of halogens is 1. The summed E-state index contributed by atoms with van der Waals surface area (Å²) >= 11 is 6.21. The van der Waals surface area contributed by atoms with E-state index in [4.69, 9.17) is 16.3 Å². The lowest BCUT2D eigenvalue weighted by Crippen LogP contribution is -2.37. The molecule has 0 radical (unpaired) electrons. The molecule has 2 nitrogen and oxygen atoms in total. The van der Waals surface area contributed by atoms with Crippen LogP contribution in [0, 0.1) is 12.8 Å². The molecule has 1 aliphatic carbocycles. The number of terminal acetylenes is 1. The van der Waals surface area contributed by atoms with E-state index in [1.165, 1.54) is 29.5 Å². The van der Waals surface area contributed by atoms with Crippen molar-refractivity contribution in [3.63, 3.8) is 0 Å². The highest BCUT2D eigenvalue weighted by molar-refractivity contribution is 6.32. The molecule has 146 valence electrons. The fraction of sp³-hybridized carbons (Fsp3) is 0.417. The maximum absolute atomic E-state index is 6.21. The van der Waals surface area contributed by atoms with Crippen LogP contribution in [-0.4, -0.2) is 31.6 Å². The zero-order valence-corrected chi connectivity index (χ0v) is 17.8. The first-order chi connectivity index (χ1) is 13.2. The zero-order chi connectivity index (χ0) is 20.2. The Kier molecular flexibility index (Phi) is 10.6. The van der Waals surface area contributed by atoms with Crippen molar-refractivity contribution >= 4 is 11.6 Å². The third-order valence-electron chi connectivity index (χ3n) is 4.91. The highest BCUT2D eigenvalue weighted by atomic mass is 35.5. The predicted octanol–water partition coefficient (Wildman–Crippen LogP) is 5.66. The van der Waals surface area contributed by atoms with Gasteiger partial charge in [0.2, 0.25) is 0 Å². The van der Waals surface area contributed by atoms with Crippen LogP contribution in [0.3, 0.4) is 0 Å². The van der Waals surface area contributed by atoms with Gasteiger partial charge < -0.3 is 9.64 Å². The normalized spacial score (nSPS) is 14.9. The topological polar surface area (TPSA) is 12.5 Å². The summed E-state index contributed by atoms with van der Waals surface area (Å²) < 4.78 is 5.21. The molecule has 0 saturated heterocycles. The van der Waals surface area contributed by atoms with E-state index in [0.717, 1.165) is 25.1 Å². The maximum Gasteiger partial charge on any atom is 0.137 e. The number of hydrogen-bond acceptors (Lipinski definition) is 2. The van der Waals surface area contributed by atoms with Gasteiger partial charge in [-0.3, -0.25) is 0 Å². The first-order valence-electron chi connectivity index (χ1n) is 9.60. The number of aryl methyl sites for hydroxylation is 1. The van der Waals surface area contributed by atoms with E-state index in [-0.39, 0.29) is 0 Å². The number of hydrogen-bond donors (Lipinski definition) is 0. The van der Waals surface area contributed by atoms with Crippen LogP contribution in [0.5, 0.6) is 5.75 Å². The molecule has 0 heterocycles. The van der Waals surface area contributed by atoms with E-state index in [0.29, 0.717) is 11.1 Å². The molecule has 0 amide bonds. The first kappa shape index (κ1) is 23.1. The van der Waals surface area contributed by atoms with E-state index >= 15 is 0 Å². The Labute approximate surface area is 170 Å². The van der Waals surface area contributed by atoms with Crippen LogP contribution < -0.4 is 4.74 Å². The molecule has 1 atom stereocenters. The Morgan fingerprint density at radius 3 is 2.41 bits per heavy atom. The Hall–Kier alpha value is -1.95. The fourth-order valence-electron chi connectivity index (χ4n) is 3.41. The standard InChI is InChI=1S/C20H24ClNO.C2H6.C2H2/c1-22(12-11-15-7-10-20(23-2)19(21)13-15)18-9-8-16-5-3-4-6-17(16)14-18;2*1-2/h3-7,10,13,18H,8-9,11-12,14H2,1-2H3;1-2H3;1-2H/t18-;;/m0../s1. The van der Waals surface area contributed by atoms with Gasteiger partial charge >= 0.3 is 0 Å².